The lowest BCUT2D eigenvalue weighted by atomic mass is 10.2. The molecule has 1 fully saturated rings. The van der Waals surface area contributed by atoms with Gasteiger partial charge in [0.05, 0.1) is 6.20 Å². The topological polar surface area (TPSA) is 46.3 Å². The fourth-order valence-electron chi connectivity index (χ4n) is 2.78. The molecule has 1 saturated heterocycles. The van der Waals surface area contributed by atoms with Gasteiger partial charge in [0.25, 0.3) is 5.91 Å². The molecule has 1 aliphatic rings. The molecule has 0 atom stereocenters. The Morgan fingerprint density at radius 3 is 2.62 bits per heavy atom. The minimum absolute atomic E-state index is 0.0714. The minimum Gasteiger partial charge on any atom is -0.337 e. The Balaban J connectivity index is 1.88. The van der Waals surface area contributed by atoms with Gasteiger partial charge >= 0.3 is 0 Å². The number of nitrogens with zero attached hydrogens (tertiary/aromatic N) is 5. The number of likely N-dealkylation sites (N-methyl/N-ethyl adjacent to an activating group) is 1. The zero-order valence-corrected chi connectivity index (χ0v) is 12.6. The first kappa shape index (κ1) is 13.9. The maximum absolute atomic E-state index is 12.8. The molecule has 0 spiro atoms. The van der Waals surface area contributed by atoms with Gasteiger partial charge in [-0.25, -0.2) is 0 Å². The van der Waals surface area contributed by atoms with Gasteiger partial charge in [-0.3, -0.25) is 9.48 Å². The second-order valence-electron chi connectivity index (χ2n) is 5.54. The summed E-state index contributed by atoms with van der Waals surface area (Å²) in [4.78, 5) is 17.0. The van der Waals surface area contributed by atoms with Crippen LogP contribution in [0.1, 0.15) is 16.8 Å². The fraction of sp³-hybridized carbons (Fsp3) is 0.467. The van der Waals surface area contributed by atoms with Crippen LogP contribution in [0.2, 0.25) is 0 Å². The molecule has 3 rings (SSSR count). The van der Waals surface area contributed by atoms with Crippen LogP contribution in [-0.2, 0) is 7.05 Å². The molecule has 6 nitrogen and oxygen atoms in total. The van der Waals surface area contributed by atoms with Crippen LogP contribution in [0.15, 0.2) is 30.7 Å². The van der Waals surface area contributed by atoms with E-state index < -0.39 is 0 Å². The fourth-order valence-corrected chi connectivity index (χ4v) is 2.78. The van der Waals surface area contributed by atoms with E-state index in [-0.39, 0.29) is 5.91 Å². The average molecular weight is 287 g/mol. The standard InChI is InChI=1S/C15H21N5O/c1-17-6-5-9-20(11-10-17)15(21)13-12-16-18(2)14(13)19-7-3-4-8-19/h3-4,7-8,12H,5-6,9-11H2,1-2H3. The zero-order valence-electron chi connectivity index (χ0n) is 12.6. The molecule has 0 radical (unpaired) electrons. The van der Waals surface area contributed by atoms with Gasteiger partial charge in [-0.2, -0.15) is 5.10 Å². The third-order valence-electron chi connectivity index (χ3n) is 3.99. The molecule has 0 saturated carbocycles. The van der Waals surface area contributed by atoms with Gasteiger partial charge < -0.3 is 14.4 Å². The zero-order chi connectivity index (χ0) is 14.8. The Morgan fingerprint density at radius 2 is 1.86 bits per heavy atom. The Labute approximate surface area is 124 Å². The van der Waals surface area contributed by atoms with Gasteiger partial charge in [-0.05, 0) is 32.1 Å². The first-order chi connectivity index (χ1) is 10.2. The summed E-state index contributed by atoms with van der Waals surface area (Å²) in [6, 6.07) is 3.89. The van der Waals surface area contributed by atoms with Crippen molar-refractivity contribution in [2.75, 3.05) is 33.2 Å². The van der Waals surface area contributed by atoms with Crippen molar-refractivity contribution in [1.29, 1.82) is 0 Å². The number of aryl methyl sites for hydroxylation is 1. The van der Waals surface area contributed by atoms with Crippen molar-refractivity contribution >= 4 is 5.91 Å². The number of amides is 1. The van der Waals surface area contributed by atoms with E-state index in [1.54, 1.807) is 10.9 Å². The number of carbonyl (C=O) groups excluding carboxylic acids is 1. The van der Waals surface area contributed by atoms with E-state index in [1.165, 1.54) is 0 Å². The Bertz CT molecular complexity index is 616. The number of rotatable bonds is 2. The summed E-state index contributed by atoms with van der Waals surface area (Å²) < 4.78 is 3.68. The molecule has 0 aromatic carbocycles. The molecule has 1 amide bonds. The van der Waals surface area contributed by atoms with Crippen molar-refractivity contribution in [3.63, 3.8) is 0 Å². The van der Waals surface area contributed by atoms with E-state index in [2.05, 4.69) is 17.0 Å². The van der Waals surface area contributed by atoms with Crippen molar-refractivity contribution < 1.29 is 4.79 Å². The molecule has 112 valence electrons. The maximum atomic E-state index is 12.8. The van der Waals surface area contributed by atoms with Gasteiger partial charge in [-0.1, -0.05) is 0 Å². The third-order valence-corrected chi connectivity index (χ3v) is 3.99. The lowest BCUT2D eigenvalue weighted by Gasteiger charge is -2.20. The van der Waals surface area contributed by atoms with Crippen molar-refractivity contribution in [2.24, 2.45) is 7.05 Å². The summed E-state index contributed by atoms with van der Waals surface area (Å²) in [6.45, 7) is 3.55. The van der Waals surface area contributed by atoms with Crippen molar-refractivity contribution in [3.05, 3.63) is 36.3 Å². The highest BCUT2D eigenvalue weighted by Gasteiger charge is 2.24. The summed E-state index contributed by atoms with van der Waals surface area (Å²) in [6.07, 6.45) is 6.56. The van der Waals surface area contributed by atoms with E-state index in [0.717, 1.165) is 38.4 Å². The molecular weight excluding hydrogens is 266 g/mol. The quantitative estimate of drug-likeness (QED) is 0.827. The van der Waals surface area contributed by atoms with E-state index in [9.17, 15) is 4.79 Å². The SMILES string of the molecule is CN1CCCN(C(=O)c2cnn(C)c2-n2cccc2)CC1. The van der Waals surface area contributed by atoms with E-state index in [1.807, 2.05) is 41.0 Å². The van der Waals surface area contributed by atoms with Crippen LogP contribution in [0.25, 0.3) is 5.82 Å². The average Bonchev–Trinajstić information content (AvgIpc) is 3.05. The van der Waals surface area contributed by atoms with Crippen LogP contribution in [-0.4, -0.2) is 63.3 Å². The van der Waals surface area contributed by atoms with Gasteiger partial charge in [0.1, 0.15) is 11.4 Å². The highest BCUT2D eigenvalue weighted by Crippen LogP contribution is 2.17. The molecule has 2 aromatic heterocycles. The molecule has 3 heterocycles. The number of carbonyl (C=O) groups is 1. The number of hydrogen-bond acceptors (Lipinski definition) is 3. The summed E-state index contributed by atoms with van der Waals surface area (Å²) in [5, 5.41) is 4.26. The number of hydrogen-bond donors (Lipinski definition) is 0. The Hall–Kier alpha value is -2.08. The molecule has 21 heavy (non-hydrogen) atoms. The lowest BCUT2D eigenvalue weighted by Crippen LogP contribution is -2.34. The Kier molecular flexibility index (Phi) is 3.79. The molecule has 0 unspecified atom stereocenters. The first-order valence-electron chi connectivity index (χ1n) is 7.30. The maximum Gasteiger partial charge on any atom is 0.259 e. The second kappa shape index (κ2) is 5.73. The monoisotopic (exact) mass is 287 g/mol. The number of aromatic nitrogens is 3. The molecule has 6 heteroatoms. The predicted molar refractivity (Wildman–Crippen MR) is 80.6 cm³/mol. The smallest absolute Gasteiger partial charge is 0.259 e. The van der Waals surface area contributed by atoms with Crippen LogP contribution in [0.4, 0.5) is 0 Å². The molecule has 1 aliphatic heterocycles. The highest BCUT2D eigenvalue weighted by molar-refractivity contribution is 5.97. The highest BCUT2D eigenvalue weighted by atomic mass is 16.2. The lowest BCUT2D eigenvalue weighted by molar-refractivity contribution is 0.0762. The summed E-state index contributed by atoms with van der Waals surface area (Å²) in [5.74, 6) is 0.893. The summed E-state index contributed by atoms with van der Waals surface area (Å²) >= 11 is 0. The van der Waals surface area contributed by atoms with Gasteiger partial charge in [-0.15, -0.1) is 0 Å². The largest absolute Gasteiger partial charge is 0.337 e. The predicted octanol–water partition coefficient (Wildman–Crippen LogP) is 0.988. The molecule has 0 bridgehead atoms. The third kappa shape index (κ3) is 2.71. The second-order valence-corrected chi connectivity index (χ2v) is 5.54. The van der Waals surface area contributed by atoms with Gasteiger partial charge in [0, 0.05) is 39.1 Å². The van der Waals surface area contributed by atoms with Crippen molar-refractivity contribution in [2.45, 2.75) is 6.42 Å². The van der Waals surface area contributed by atoms with Crippen LogP contribution in [0.5, 0.6) is 0 Å². The molecule has 0 N–H and O–H groups in total. The van der Waals surface area contributed by atoms with E-state index in [0.29, 0.717) is 5.56 Å². The van der Waals surface area contributed by atoms with Crippen molar-refractivity contribution in [3.8, 4) is 5.82 Å². The van der Waals surface area contributed by atoms with Crippen molar-refractivity contribution in [1.82, 2.24) is 24.1 Å². The molecular formula is C15H21N5O. The Morgan fingerprint density at radius 1 is 1.10 bits per heavy atom. The van der Waals surface area contributed by atoms with E-state index in [4.69, 9.17) is 0 Å². The van der Waals surface area contributed by atoms with E-state index >= 15 is 0 Å². The van der Waals surface area contributed by atoms with Gasteiger partial charge in [0.2, 0.25) is 0 Å². The van der Waals surface area contributed by atoms with Crippen LogP contribution >= 0.6 is 0 Å². The van der Waals surface area contributed by atoms with Gasteiger partial charge in [0.15, 0.2) is 0 Å². The van der Waals surface area contributed by atoms with Crippen LogP contribution < -0.4 is 0 Å². The molecule has 2 aromatic rings. The minimum atomic E-state index is 0.0714. The van der Waals surface area contributed by atoms with Crippen LogP contribution in [0.3, 0.4) is 0 Å². The van der Waals surface area contributed by atoms with Crippen LogP contribution in [0, 0.1) is 0 Å². The summed E-state index contributed by atoms with van der Waals surface area (Å²) in [7, 11) is 3.96. The molecule has 0 aliphatic carbocycles. The summed E-state index contributed by atoms with van der Waals surface area (Å²) in [5.41, 5.74) is 0.665. The first-order valence-corrected chi connectivity index (χ1v) is 7.30. The normalized spacial score (nSPS) is 17.0.